The van der Waals surface area contributed by atoms with Gasteiger partial charge in [0.05, 0.1) is 18.8 Å². The molecule has 0 aromatic heterocycles. The van der Waals surface area contributed by atoms with E-state index in [2.05, 4.69) is 0 Å². The Hall–Kier alpha value is -5.80. The number of aliphatic hydroxyl groups excluding tert-OH is 2. The SMILES string of the molecule is CO[C@@](C(=O)O[C@H]1[C@H](O)[C@H](O[C@H]2CC[C@]34C[C@@]35C(=CC[C@H]4C2(C)C)[C@]2(C)CC(=O)[C@H]([C@H](C)CC(=O)[C@H](OC(=O)[C@](OC)(c3ccccc3)C(F)(F)F)C(C)(C)O)[C@@]2(C)C[C@@H]5O)OC[C@H]1OC(=O)[C@](OC)(c1ccccc1)C(F)(F)F)(c1ccccc1)C(F)(F)F. The van der Waals surface area contributed by atoms with E-state index < -0.39 is 176 Å². The van der Waals surface area contributed by atoms with Crippen molar-refractivity contribution in [2.75, 3.05) is 27.9 Å². The van der Waals surface area contributed by atoms with Gasteiger partial charge < -0.3 is 53.2 Å². The maximum Gasteiger partial charge on any atom is 0.432 e. The number of methoxy groups -OCH3 is 3. The minimum absolute atomic E-state index is 0.0144. The van der Waals surface area contributed by atoms with Gasteiger partial charge in [0.25, 0.3) is 16.8 Å². The van der Waals surface area contributed by atoms with Crippen LogP contribution in [0.4, 0.5) is 39.5 Å². The molecule has 1 heterocycles. The molecule has 3 aromatic rings. The molecule has 0 unspecified atom stereocenters. The number of halogens is 9. The zero-order valence-corrected chi connectivity index (χ0v) is 51.2. The molecule has 3 aromatic carbocycles. The van der Waals surface area contributed by atoms with Crippen molar-refractivity contribution >= 4 is 29.5 Å². The van der Waals surface area contributed by atoms with Crippen LogP contribution >= 0.6 is 0 Å². The quantitative estimate of drug-likeness (QED) is 0.0440. The van der Waals surface area contributed by atoms with E-state index in [1.54, 1.807) is 6.92 Å². The Morgan fingerprint density at radius 2 is 1.17 bits per heavy atom. The first-order chi connectivity index (χ1) is 41.7. The normalized spacial score (nSPS) is 33.4. The maximum atomic E-state index is 15.3. The fraction of sp³-hybridized carbons (Fsp3) is 0.615. The molecule has 0 radical (unpaired) electrons. The second kappa shape index (κ2) is 23.3. The van der Waals surface area contributed by atoms with Crippen molar-refractivity contribution in [1.29, 1.82) is 0 Å². The van der Waals surface area contributed by atoms with Gasteiger partial charge in [0.2, 0.25) is 0 Å². The summed E-state index contributed by atoms with van der Waals surface area (Å²) in [4.78, 5) is 71.1. The van der Waals surface area contributed by atoms with Crippen LogP contribution in [-0.2, 0) is 78.7 Å². The topological polar surface area (TPSA) is 220 Å². The summed E-state index contributed by atoms with van der Waals surface area (Å²) in [6.07, 6.45) is -26.7. The van der Waals surface area contributed by atoms with Gasteiger partial charge in [0, 0.05) is 67.6 Å². The number of aliphatic hydroxyl groups is 3. The molecule has 1 saturated heterocycles. The van der Waals surface area contributed by atoms with Gasteiger partial charge in [-0.15, -0.1) is 0 Å². The lowest BCUT2D eigenvalue weighted by molar-refractivity contribution is -0.320. The first-order valence-electron chi connectivity index (χ1n) is 29.5. The second-order valence-corrected chi connectivity index (χ2v) is 26.6. The number of allylic oxidation sites excluding steroid dienone is 1. The van der Waals surface area contributed by atoms with Crippen molar-refractivity contribution in [2.24, 2.45) is 44.8 Å². The number of benzene rings is 3. The molecule has 9 rings (SSSR count). The smallest absolute Gasteiger partial charge is 0.432 e. The predicted molar refractivity (Wildman–Crippen MR) is 298 cm³/mol. The summed E-state index contributed by atoms with van der Waals surface area (Å²) in [6, 6.07) is 17.0. The number of Topliss-reactive ketones (excluding diaryl/α,β-unsaturated/α-hetero) is 2. The third-order valence-electron chi connectivity index (χ3n) is 21.2. The number of rotatable bonds is 19. The van der Waals surface area contributed by atoms with Gasteiger partial charge in [-0.05, 0) is 74.0 Å². The highest BCUT2D eigenvalue weighted by molar-refractivity contribution is 5.92. The van der Waals surface area contributed by atoms with Gasteiger partial charge in [-0.25, -0.2) is 14.4 Å². The minimum Gasteiger partial charge on any atom is -0.453 e. The van der Waals surface area contributed by atoms with Gasteiger partial charge in [-0.1, -0.05) is 137 Å². The molecule has 0 bridgehead atoms. The summed E-state index contributed by atoms with van der Waals surface area (Å²) in [5, 5.41) is 36.2. The number of carbonyl (C=O) groups excluding carboxylic acids is 5. The summed E-state index contributed by atoms with van der Waals surface area (Å²) in [7, 11) is 1.81. The summed E-state index contributed by atoms with van der Waals surface area (Å²) < 4.78 is 179. The number of carbonyl (C=O) groups is 5. The molecule has 5 fully saturated rings. The van der Waals surface area contributed by atoms with Crippen molar-refractivity contribution in [3.8, 4) is 0 Å². The number of ketones is 2. The lowest BCUT2D eigenvalue weighted by atomic mass is 9.44. The number of esters is 3. The molecule has 17 atom stereocenters. The first kappa shape index (κ1) is 68.6. The lowest BCUT2D eigenvalue weighted by Gasteiger charge is -2.61. The van der Waals surface area contributed by atoms with Crippen LogP contribution in [0.5, 0.6) is 0 Å². The summed E-state index contributed by atoms with van der Waals surface area (Å²) in [6.45, 7) is 10.4. The molecule has 494 valence electrons. The predicted octanol–water partition coefficient (Wildman–Crippen LogP) is 10.0. The van der Waals surface area contributed by atoms with Crippen LogP contribution in [0.1, 0.15) is 110 Å². The van der Waals surface area contributed by atoms with Gasteiger partial charge in [0.1, 0.15) is 17.5 Å². The van der Waals surface area contributed by atoms with E-state index in [9.17, 15) is 52.5 Å². The average molecular weight is 1280 g/mol. The van der Waals surface area contributed by atoms with Crippen molar-refractivity contribution in [2.45, 2.75) is 177 Å². The number of fused-ring (bicyclic) bond motifs is 2. The van der Waals surface area contributed by atoms with E-state index in [1.165, 1.54) is 54.6 Å². The van der Waals surface area contributed by atoms with Crippen LogP contribution in [0.25, 0.3) is 0 Å². The van der Waals surface area contributed by atoms with Crippen molar-refractivity contribution in [1.82, 2.24) is 0 Å². The number of hydrogen-bond donors (Lipinski definition) is 3. The summed E-state index contributed by atoms with van der Waals surface area (Å²) in [5.74, 6) is -9.66. The Balaban J connectivity index is 0.969. The lowest BCUT2D eigenvalue weighted by Crippen LogP contribution is -2.63. The van der Waals surface area contributed by atoms with Crippen molar-refractivity contribution in [3.63, 3.8) is 0 Å². The van der Waals surface area contributed by atoms with E-state index in [-0.39, 0.29) is 31.0 Å². The molecule has 0 amide bonds. The van der Waals surface area contributed by atoms with Crippen LogP contribution in [0, 0.1) is 44.8 Å². The zero-order valence-electron chi connectivity index (χ0n) is 51.2. The fourth-order valence-corrected chi connectivity index (χ4v) is 16.8. The monoisotopic (exact) mass is 1280 g/mol. The molecule has 2 spiro atoms. The Morgan fingerprint density at radius 3 is 1.62 bits per heavy atom. The highest BCUT2D eigenvalue weighted by Gasteiger charge is 2.84. The molecule has 5 aliphatic carbocycles. The maximum absolute atomic E-state index is 15.3. The number of ether oxygens (including phenoxy) is 8. The molecule has 90 heavy (non-hydrogen) atoms. The molecular weight excluding hydrogens is 1210 g/mol. The van der Waals surface area contributed by atoms with E-state index in [0.717, 1.165) is 55.8 Å². The summed E-state index contributed by atoms with van der Waals surface area (Å²) >= 11 is 0. The molecule has 16 nitrogen and oxygen atoms in total. The van der Waals surface area contributed by atoms with Gasteiger partial charge in [-0.3, -0.25) is 9.59 Å². The Labute approximate surface area is 514 Å². The third kappa shape index (κ3) is 10.2. The van der Waals surface area contributed by atoms with Crippen LogP contribution in [0.15, 0.2) is 103 Å². The van der Waals surface area contributed by atoms with Crippen LogP contribution in [0.3, 0.4) is 0 Å². The Bertz CT molecular complexity index is 3230. The molecule has 6 aliphatic rings. The van der Waals surface area contributed by atoms with E-state index >= 15 is 26.3 Å². The van der Waals surface area contributed by atoms with Crippen LogP contribution in [-0.4, -0.2) is 140 Å². The summed E-state index contributed by atoms with van der Waals surface area (Å²) in [5.41, 5.74) is -19.4. The molecule has 25 heteroatoms. The molecule has 4 saturated carbocycles. The highest BCUT2D eigenvalue weighted by Crippen LogP contribution is 2.87. The number of hydrogen-bond acceptors (Lipinski definition) is 16. The zero-order chi connectivity index (χ0) is 66.6. The molecular formula is C65H75F9O16. The van der Waals surface area contributed by atoms with Crippen LogP contribution < -0.4 is 0 Å². The Morgan fingerprint density at radius 1 is 0.700 bits per heavy atom. The highest BCUT2D eigenvalue weighted by atomic mass is 19.4. The fourth-order valence-electron chi connectivity index (χ4n) is 16.8. The minimum atomic E-state index is -5.57. The van der Waals surface area contributed by atoms with Gasteiger partial charge in [-0.2, -0.15) is 39.5 Å². The van der Waals surface area contributed by atoms with Gasteiger partial charge >= 0.3 is 36.4 Å². The van der Waals surface area contributed by atoms with E-state index in [1.807, 2.05) is 33.8 Å². The third-order valence-corrected chi connectivity index (χ3v) is 21.2. The van der Waals surface area contributed by atoms with Crippen molar-refractivity contribution < 1.29 is 117 Å². The average Bonchev–Trinajstić information content (AvgIpc) is 1.45. The van der Waals surface area contributed by atoms with E-state index in [0.29, 0.717) is 40.6 Å². The standard InChI is InChI=1S/C65H75F9O16/c1-35(30-39(75)49(55(4,5)82)90-53(81)62(85-10,65(72,73)74)38-24-18-13-19-25-38)46-40(76)31-56(6)43-27-26-42-54(2,3)45(28-29-58(42)34-59(43,58)44(77)32-57(46,56)7)88-50-47(78)48(89-52(80)61(84-9,64(69,70)71)37-22-16-12-17-23-37)41(33-86-50)87-51(79)60(83-8,63(66,67)68)36-20-14-11-15-21-36/h11-25,27,35,41-42,44-50,77-78,82H,26,28-34H2,1-10H3/t35-,41-,42+,44+,45+,46+,47+,48-,49+,50+,56+,57-,58-,59+,60-,61-,62-/m1/s1. The Kier molecular flexibility index (Phi) is 17.8. The molecule has 3 N–H and O–H groups in total. The number of alkyl halides is 9. The van der Waals surface area contributed by atoms with Crippen LogP contribution in [0.2, 0.25) is 0 Å². The van der Waals surface area contributed by atoms with Crippen molar-refractivity contribution in [3.05, 3.63) is 119 Å². The first-order valence-corrected chi connectivity index (χ1v) is 29.5. The molecule has 1 aliphatic heterocycles. The van der Waals surface area contributed by atoms with Gasteiger partial charge in [0.15, 0.2) is 30.4 Å². The van der Waals surface area contributed by atoms with E-state index in [4.69, 9.17) is 37.9 Å². The largest absolute Gasteiger partial charge is 0.453 e. The second-order valence-electron chi connectivity index (χ2n) is 26.6.